The molecule has 2 aliphatic rings. The lowest BCUT2D eigenvalue weighted by atomic mass is 9.94. The standard InChI is InChI=1S/C13H12BrF3/c14-13(8-2-6-1-7(6)3-8)9-4-11(16)12(17)5-10(9)15/h4-8,13H,1-3H2. The lowest BCUT2D eigenvalue weighted by Crippen LogP contribution is -2.08. The number of rotatable bonds is 2. The largest absolute Gasteiger partial charge is 0.207 e. The Bertz CT molecular complexity index is 450. The van der Waals surface area contributed by atoms with E-state index in [-0.39, 0.29) is 10.4 Å². The highest BCUT2D eigenvalue weighted by atomic mass is 79.9. The molecule has 4 heteroatoms. The molecule has 0 saturated heterocycles. The topological polar surface area (TPSA) is 0 Å². The van der Waals surface area contributed by atoms with Crippen LogP contribution in [0.15, 0.2) is 12.1 Å². The van der Waals surface area contributed by atoms with Crippen LogP contribution in [-0.2, 0) is 0 Å². The second-order valence-electron chi connectivity index (χ2n) is 5.18. The summed E-state index contributed by atoms with van der Waals surface area (Å²) in [5.41, 5.74) is 0.246. The second kappa shape index (κ2) is 4.01. The predicted octanol–water partition coefficient (Wildman–Crippen LogP) is 4.59. The van der Waals surface area contributed by atoms with Crippen LogP contribution < -0.4 is 0 Å². The van der Waals surface area contributed by atoms with E-state index in [0.29, 0.717) is 12.0 Å². The van der Waals surface area contributed by atoms with Crippen LogP contribution in [-0.4, -0.2) is 0 Å². The van der Waals surface area contributed by atoms with Gasteiger partial charge in [0.1, 0.15) is 5.82 Å². The molecule has 2 aliphatic carbocycles. The summed E-state index contributed by atoms with van der Waals surface area (Å²) in [5.74, 6) is -0.847. The average Bonchev–Trinajstić information content (AvgIpc) is 2.90. The van der Waals surface area contributed by atoms with Crippen molar-refractivity contribution < 1.29 is 13.2 Å². The van der Waals surface area contributed by atoms with Gasteiger partial charge in [-0.05, 0) is 43.1 Å². The molecule has 1 aromatic rings. The van der Waals surface area contributed by atoms with Crippen LogP contribution in [0.5, 0.6) is 0 Å². The summed E-state index contributed by atoms with van der Waals surface area (Å²) >= 11 is 3.44. The minimum absolute atomic E-state index is 0.203. The molecule has 3 atom stereocenters. The van der Waals surface area contributed by atoms with Crippen molar-refractivity contribution in [2.24, 2.45) is 17.8 Å². The number of halogens is 4. The van der Waals surface area contributed by atoms with Crippen LogP contribution in [0.25, 0.3) is 0 Å². The number of hydrogen-bond acceptors (Lipinski definition) is 0. The third kappa shape index (κ3) is 2.01. The first-order valence-electron chi connectivity index (χ1n) is 5.84. The van der Waals surface area contributed by atoms with Gasteiger partial charge in [0, 0.05) is 16.5 Å². The van der Waals surface area contributed by atoms with Crippen molar-refractivity contribution in [1.29, 1.82) is 0 Å². The van der Waals surface area contributed by atoms with E-state index in [1.165, 1.54) is 6.42 Å². The average molecular weight is 305 g/mol. The summed E-state index contributed by atoms with van der Waals surface area (Å²) in [6, 6.07) is 1.61. The molecule has 92 valence electrons. The molecule has 0 amide bonds. The Morgan fingerprint density at radius 2 is 1.53 bits per heavy atom. The predicted molar refractivity (Wildman–Crippen MR) is 62.3 cm³/mol. The second-order valence-corrected chi connectivity index (χ2v) is 6.16. The van der Waals surface area contributed by atoms with Crippen LogP contribution in [0.2, 0.25) is 0 Å². The molecule has 2 saturated carbocycles. The zero-order chi connectivity index (χ0) is 12.2. The van der Waals surface area contributed by atoms with E-state index >= 15 is 0 Å². The first-order valence-corrected chi connectivity index (χ1v) is 6.76. The molecule has 3 unspecified atom stereocenters. The fourth-order valence-electron chi connectivity index (χ4n) is 3.00. The first kappa shape index (κ1) is 11.6. The maximum atomic E-state index is 13.6. The molecule has 0 radical (unpaired) electrons. The summed E-state index contributed by atoms with van der Waals surface area (Å²) in [6.07, 6.45) is 3.43. The van der Waals surface area contributed by atoms with Gasteiger partial charge < -0.3 is 0 Å². The van der Waals surface area contributed by atoms with Gasteiger partial charge in [0.2, 0.25) is 0 Å². The Kier molecular flexibility index (Phi) is 2.73. The molecule has 1 aromatic carbocycles. The van der Waals surface area contributed by atoms with Crippen molar-refractivity contribution in [2.75, 3.05) is 0 Å². The molecule has 2 fully saturated rings. The normalized spacial score (nSPS) is 32.4. The van der Waals surface area contributed by atoms with E-state index in [9.17, 15) is 13.2 Å². The van der Waals surface area contributed by atoms with E-state index in [1.807, 2.05) is 0 Å². The molecule has 0 aliphatic heterocycles. The van der Waals surface area contributed by atoms with Crippen molar-refractivity contribution in [3.63, 3.8) is 0 Å². The highest BCUT2D eigenvalue weighted by Crippen LogP contribution is 2.58. The summed E-state index contributed by atoms with van der Waals surface area (Å²) in [6.45, 7) is 0. The van der Waals surface area contributed by atoms with Crippen molar-refractivity contribution in [2.45, 2.75) is 24.1 Å². The maximum absolute atomic E-state index is 13.6. The Balaban J connectivity index is 1.85. The zero-order valence-corrected chi connectivity index (χ0v) is 10.7. The Labute approximate surface area is 106 Å². The van der Waals surface area contributed by atoms with Gasteiger partial charge in [-0.3, -0.25) is 0 Å². The summed E-state index contributed by atoms with van der Waals surface area (Å²) < 4.78 is 39.6. The summed E-state index contributed by atoms with van der Waals surface area (Å²) in [7, 11) is 0. The smallest absolute Gasteiger partial charge is 0.161 e. The number of alkyl halides is 1. The van der Waals surface area contributed by atoms with Gasteiger partial charge in [-0.2, -0.15) is 0 Å². The van der Waals surface area contributed by atoms with Crippen LogP contribution in [0.3, 0.4) is 0 Å². The van der Waals surface area contributed by atoms with E-state index in [4.69, 9.17) is 0 Å². The molecule has 0 bridgehead atoms. The van der Waals surface area contributed by atoms with Gasteiger partial charge in [0.05, 0.1) is 0 Å². The maximum Gasteiger partial charge on any atom is 0.161 e. The molecule has 0 heterocycles. The molecule has 0 aromatic heterocycles. The van der Waals surface area contributed by atoms with E-state index < -0.39 is 17.5 Å². The minimum Gasteiger partial charge on any atom is -0.207 e. The zero-order valence-electron chi connectivity index (χ0n) is 9.10. The monoisotopic (exact) mass is 304 g/mol. The van der Waals surface area contributed by atoms with Gasteiger partial charge in [-0.15, -0.1) is 0 Å². The van der Waals surface area contributed by atoms with Gasteiger partial charge in [-0.1, -0.05) is 15.9 Å². The van der Waals surface area contributed by atoms with Crippen molar-refractivity contribution in [3.05, 3.63) is 35.1 Å². The molecule has 3 rings (SSSR count). The van der Waals surface area contributed by atoms with E-state index in [1.54, 1.807) is 0 Å². The quantitative estimate of drug-likeness (QED) is 0.554. The van der Waals surface area contributed by atoms with Gasteiger partial charge >= 0.3 is 0 Å². The van der Waals surface area contributed by atoms with Gasteiger partial charge in [-0.25, -0.2) is 13.2 Å². The van der Waals surface area contributed by atoms with E-state index in [0.717, 1.165) is 30.7 Å². The number of fused-ring (bicyclic) bond motifs is 1. The van der Waals surface area contributed by atoms with Crippen molar-refractivity contribution >= 4 is 15.9 Å². The molecule has 0 nitrogen and oxygen atoms in total. The third-order valence-corrected chi connectivity index (χ3v) is 5.27. The molecule has 17 heavy (non-hydrogen) atoms. The van der Waals surface area contributed by atoms with Crippen molar-refractivity contribution in [1.82, 2.24) is 0 Å². The van der Waals surface area contributed by atoms with Crippen LogP contribution in [0.4, 0.5) is 13.2 Å². The summed E-state index contributed by atoms with van der Waals surface area (Å²) in [4.78, 5) is -0.203. The Hall–Kier alpha value is -0.510. The van der Waals surface area contributed by atoms with Crippen LogP contribution in [0, 0.1) is 35.2 Å². The highest BCUT2D eigenvalue weighted by molar-refractivity contribution is 9.09. The number of hydrogen-bond donors (Lipinski definition) is 0. The lowest BCUT2D eigenvalue weighted by molar-refractivity contribution is 0.454. The van der Waals surface area contributed by atoms with Crippen molar-refractivity contribution in [3.8, 4) is 0 Å². The minimum atomic E-state index is -1.12. The fraction of sp³-hybridized carbons (Fsp3) is 0.538. The fourth-order valence-corrected chi connectivity index (χ4v) is 3.79. The lowest BCUT2D eigenvalue weighted by Gasteiger charge is -2.20. The third-order valence-electron chi connectivity index (χ3n) is 4.03. The first-order chi connectivity index (χ1) is 8.06. The Morgan fingerprint density at radius 3 is 2.18 bits per heavy atom. The molecule has 0 spiro atoms. The molecular weight excluding hydrogens is 293 g/mol. The molecule has 0 N–H and O–H groups in total. The highest BCUT2D eigenvalue weighted by Gasteiger charge is 2.48. The van der Waals surface area contributed by atoms with Crippen LogP contribution >= 0.6 is 15.9 Å². The number of benzene rings is 1. The SMILES string of the molecule is Fc1cc(F)c(C(Br)C2CC3CC3C2)cc1F. The Morgan fingerprint density at radius 1 is 0.941 bits per heavy atom. The molecular formula is C13H12BrF3. The van der Waals surface area contributed by atoms with Gasteiger partial charge in [0.25, 0.3) is 0 Å². The van der Waals surface area contributed by atoms with Gasteiger partial charge in [0.15, 0.2) is 11.6 Å². The summed E-state index contributed by atoms with van der Waals surface area (Å²) in [5, 5.41) is 0. The van der Waals surface area contributed by atoms with Crippen LogP contribution in [0.1, 0.15) is 29.7 Å². The van der Waals surface area contributed by atoms with E-state index in [2.05, 4.69) is 15.9 Å².